The zero-order valence-corrected chi connectivity index (χ0v) is 11.4. The Balaban J connectivity index is 2.33. The van der Waals surface area contributed by atoms with Gasteiger partial charge in [0.25, 0.3) is 0 Å². The minimum absolute atomic E-state index is 0.234. The molecule has 18 heavy (non-hydrogen) atoms. The molecule has 0 saturated heterocycles. The van der Waals surface area contributed by atoms with E-state index < -0.39 is 17.7 Å². The third-order valence-corrected chi connectivity index (χ3v) is 3.43. The Morgan fingerprint density at radius 2 is 2.00 bits per heavy atom. The first-order chi connectivity index (χ1) is 8.49. The van der Waals surface area contributed by atoms with Crippen molar-refractivity contribution < 1.29 is 13.9 Å². The minimum Gasteiger partial charge on any atom is -0.391 e. The fourth-order valence-electron chi connectivity index (χ4n) is 1.37. The highest BCUT2D eigenvalue weighted by molar-refractivity contribution is 7.99. The molecule has 0 aliphatic rings. The molecule has 2 nitrogen and oxygen atoms in total. The summed E-state index contributed by atoms with van der Waals surface area (Å²) < 4.78 is 26.2. The maximum absolute atomic E-state index is 13.3. The van der Waals surface area contributed by atoms with Crippen LogP contribution < -0.4 is 5.32 Å². The number of hydrogen-bond acceptors (Lipinski definition) is 3. The number of aliphatic hydroxyl groups excluding tert-OH is 1. The third kappa shape index (κ3) is 5.80. The van der Waals surface area contributed by atoms with Gasteiger partial charge in [0.15, 0.2) is 0 Å². The molecule has 1 rings (SSSR count). The Labute approximate surface area is 111 Å². The molecule has 2 N–H and O–H groups in total. The van der Waals surface area contributed by atoms with Gasteiger partial charge in [0.1, 0.15) is 11.6 Å². The molecular formula is C13H19F2NOS. The first-order valence-corrected chi connectivity index (χ1v) is 6.94. The van der Waals surface area contributed by atoms with Gasteiger partial charge in [-0.05, 0) is 30.7 Å². The van der Waals surface area contributed by atoms with Gasteiger partial charge in [0.05, 0.1) is 6.10 Å². The van der Waals surface area contributed by atoms with E-state index in [1.165, 1.54) is 0 Å². The number of halogens is 2. The average molecular weight is 275 g/mol. The normalized spacial score (nSPS) is 13.0. The van der Waals surface area contributed by atoms with E-state index >= 15 is 0 Å². The van der Waals surface area contributed by atoms with Crippen LogP contribution in [0.2, 0.25) is 0 Å². The van der Waals surface area contributed by atoms with Crippen molar-refractivity contribution in [3.63, 3.8) is 0 Å². The fourth-order valence-corrected chi connectivity index (χ4v) is 2.26. The van der Waals surface area contributed by atoms with Gasteiger partial charge in [-0.2, -0.15) is 0 Å². The molecule has 0 aliphatic carbocycles. The molecule has 0 aromatic heterocycles. The number of rotatable bonds is 7. The van der Waals surface area contributed by atoms with Crippen molar-refractivity contribution in [1.82, 2.24) is 5.32 Å². The number of hydrogen-bond donors (Lipinski definition) is 2. The zero-order valence-electron chi connectivity index (χ0n) is 10.6. The molecule has 0 amide bonds. The third-order valence-electron chi connectivity index (χ3n) is 2.26. The molecule has 0 bridgehead atoms. The minimum atomic E-state index is -0.573. The van der Waals surface area contributed by atoms with Crippen LogP contribution >= 0.6 is 11.8 Å². The van der Waals surface area contributed by atoms with Gasteiger partial charge in [0, 0.05) is 17.2 Å². The Morgan fingerprint density at radius 3 is 2.67 bits per heavy atom. The molecule has 0 aliphatic heterocycles. The van der Waals surface area contributed by atoms with E-state index in [0.717, 1.165) is 36.5 Å². The van der Waals surface area contributed by atoms with Gasteiger partial charge >= 0.3 is 0 Å². The fraction of sp³-hybridized carbons (Fsp3) is 0.538. The Bertz CT molecular complexity index is 374. The second-order valence-electron chi connectivity index (χ2n) is 4.59. The van der Waals surface area contributed by atoms with Crippen LogP contribution in [0.4, 0.5) is 8.78 Å². The largest absolute Gasteiger partial charge is 0.391 e. The number of nitrogens with one attached hydrogen (secondary N) is 1. The lowest BCUT2D eigenvalue weighted by Crippen LogP contribution is -2.31. The summed E-state index contributed by atoms with van der Waals surface area (Å²) in [6.45, 7) is 5.45. The van der Waals surface area contributed by atoms with Crippen molar-refractivity contribution in [3.05, 3.63) is 29.8 Å². The topological polar surface area (TPSA) is 32.3 Å². The summed E-state index contributed by atoms with van der Waals surface area (Å²) in [4.78, 5) is 0.234. The molecule has 1 unspecified atom stereocenters. The van der Waals surface area contributed by atoms with E-state index in [9.17, 15) is 13.9 Å². The van der Waals surface area contributed by atoms with Gasteiger partial charge in [-0.15, -0.1) is 11.8 Å². The van der Waals surface area contributed by atoms with E-state index in [4.69, 9.17) is 0 Å². The van der Waals surface area contributed by atoms with Crippen LogP contribution in [0.25, 0.3) is 0 Å². The molecule has 0 saturated carbocycles. The molecule has 1 aromatic carbocycles. The summed E-state index contributed by atoms with van der Waals surface area (Å²) in [7, 11) is 0. The van der Waals surface area contributed by atoms with Crippen molar-refractivity contribution in [1.29, 1.82) is 0 Å². The molecule has 0 radical (unpaired) electrons. The van der Waals surface area contributed by atoms with Crippen LogP contribution in [0.3, 0.4) is 0 Å². The van der Waals surface area contributed by atoms with Crippen LogP contribution in [0.5, 0.6) is 0 Å². The molecule has 0 spiro atoms. The molecular weight excluding hydrogens is 256 g/mol. The summed E-state index contributed by atoms with van der Waals surface area (Å²) in [5.74, 6) is -0.0635. The summed E-state index contributed by atoms with van der Waals surface area (Å²) in [5.41, 5.74) is 0. The van der Waals surface area contributed by atoms with Crippen LogP contribution in [-0.4, -0.2) is 30.1 Å². The molecule has 1 atom stereocenters. The van der Waals surface area contributed by atoms with Gasteiger partial charge in [-0.1, -0.05) is 13.8 Å². The first-order valence-electron chi connectivity index (χ1n) is 5.95. The highest BCUT2D eigenvalue weighted by Gasteiger charge is 2.09. The average Bonchev–Trinajstić information content (AvgIpc) is 2.30. The lowest BCUT2D eigenvalue weighted by Gasteiger charge is -2.13. The maximum Gasteiger partial charge on any atom is 0.136 e. The molecule has 102 valence electrons. The second kappa shape index (κ2) is 7.71. The Hall–Kier alpha value is -0.650. The molecule has 5 heteroatoms. The van der Waals surface area contributed by atoms with E-state index in [1.807, 2.05) is 0 Å². The number of thioether (sulfide) groups is 1. The lowest BCUT2D eigenvalue weighted by molar-refractivity contribution is 0.194. The van der Waals surface area contributed by atoms with E-state index in [0.29, 0.717) is 18.2 Å². The first kappa shape index (κ1) is 15.4. The van der Waals surface area contributed by atoms with Crippen LogP contribution in [0.1, 0.15) is 13.8 Å². The standard InChI is InChI=1S/C13H19F2NOS/c1-9(2)6-16-7-11(17)8-18-13-5-10(14)3-4-12(13)15/h3-5,9,11,16-17H,6-8H2,1-2H3. The number of benzene rings is 1. The van der Waals surface area contributed by atoms with E-state index in [1.54, 1.807) is 0 Å². The molecule has 0 fully saturated rings. The number of aliphatic hydroxyl groups is 1. The summed E-state index contributed by atoms with van der Waals surface area (Å²) in [5, 5.41) is 12.8. The summed E-state index contributed by atoms with van der Waals surface area (Å²) >= 11 is 1.12. The van der Waals surface area contributed by atoms with Crippen molar-refractivity contribution in [2.24, 2.45) is 5.92 Å². The SMILES string of the molecule is CC(C)CNCC(O)CSc1cc(F)ccc1F. The predicted molar refractivity (Wildman–Crippen MR) is 70.8 cm³/mol. The highest BCUT2D eigenvalue weighted by atomic mass is 32.2. The highest BCUT2D eigenvalue weighted by Crippen LogP contribution is 2.23. The zero-order chi connectivity index (χ0) is 13.5. The van der Waals surface area contributed by atoms with E-state index in [-0.39, 0.29) is 4.90 Å². The van der Waals surface area contributed by atoms with Crippen molar-refractivity contribution in [3.8, 4) is 0 Å². The maximum atomic E-state index is 13.3. The van der Waals surface area contributed by atoms with E-state index in [2.05, 4.69) is 19.2 Å². The lowest BCUT2D eigenvalue weighted by atomic mass is 10.2. The summed E-state index contributed by atoms with van der Waals surface area (Å²) in [6.07, 6.45) is -0.573. The quantitative estimate of drug-likeness (QED) is 0.750. The Morgan fingerprint density at radius 1 is 1.28 bits per heavy atom. The van der Waals surface area contributed by atoms with Gasteiger partial charge in [-0.25, -0.2) is 8.78 Å². The van der Waals surface area contributed by atoms with Crippen LogP contribution in [-0.2, 0) is 0 Å². The van der Waals surface area contributed by atoms with Crippen molar-refractivity contribution in [2.45, 2.75) is 24.8 Å². The van der Waals surface area contributed by atoms with Gasteiger partial charge < -0.3 is 10.4 Å². The van der Waals surface area contributed by atoms with Gasteiger partial charge in [0.2, 0.25) is 0 Å². The van der Waals surface area contributed by atoms with Crippen molar-refractivity contribution >= 4 is 11.8 Å². The molecule has 0 heterocycles. The monoisotopic (exact) mass is 275 g/mol. The summed E-state index contributed by atoms with van der Waals surface area (Å²) in [6, 6.07) is 3.33. The molecule has 1 aromatic rings. The van der Waals surface area contributed by atoms with Crippen molar-refractivity contribution in [2.75, 3.05) is 18.8 Å². The van der Waals surface area contributed by atoms with Crippen LogP contribution in [0, 0.1) is 17.6 Å². The Kier molecular flexibility index (Phi) is 6.60. The smallest absolute Gasteiger partial charge is 0.136 e. The predicted octanol–water partition coefficient (Wildman–Crippen LogP) is 2.66. The van der Waals surface area contributed by atoms with Gasteiger partial charge in [-0.3, -0.25) is 0 Å². The van der Waals surface area contributed by atoms with Crippen LogP contribution in [0.15, 0.2) is 23.1 Å². The second-order valence-corrected chi connectivity index (χ2v) is 5.65.